The highest BCUT2D eigenvalue weighted by molar-refractivity contribution is 5.74. The number of hydrogen-bond donors (Lipinski definition) is 0. The molecule has 0 radical (unpaired) electrons. The third kappa shape index (κ3) is 1.20. The fourth-order valence-electron chi connectivity index (χ4n) is 1.55. The maximum absolute atomic E-state index is 2.27. The highest BCUT2D eigenvalue weighted by Crippen LogP contribution is 2.23. The molecule has 1 aromatic carbocycles. The van der Waals surface area contributed by atoms with E-state index in [1.165, 1.54) is 16.7 Å². The van der Waals surface area contributed by atoms with Gasteiger partial charge < -0.3 is 0 Å². The SMILES string of the molecule is CC1=CCC=Cc2ccccc21. The van der Waals surface area contributed by atoms with Crippen molar-refractivity contribution < 1.29 is 0 Å². The topological polar surface area (TPSA) is 0 Å². The van der Waals surface area contributed by atoms with Gasteiger partial charge in [0.2, 0.25) is 0 Å². The molecule has 0 saturated heterocycles. The minimum atomic E-state index is 1.06. The minimum Gasteiger partial charge on any atom is -0.0801 e. The first-order valence-electron chi connectivity index (χ1n) is 4.30. The van der Waals surface area contributed by atoms with Crippen LogP contribution in [-0.4, -0.2) is 0 Å². The van der Waals surface area contributed by atoms with Crippen molar-refractivity contribution in [2.75, 3.05) is 0 Å². The molecule has 0 bridgehead atoms. The standard InChI is InChI=1S/C12H12/c1-10-6-2-3-7-11-8-4-5-9-12(10)11/h3-9H,2H2,1H3. The predicted molar refractivity (Wildman–Crippen MR) is 53.7 cm³/mol. The number of rotatable bonds is 0. The molecule has 0 unspecified atom stereocenters. The van der Waals surface area contributed by atoms with E-state index in [9.17, 15) is 0 Å². The summed E-state index contributed by atoms with van der Waals surface area (Å²) in [5.41, 5.74) is 4.09. The van der Waals surface area contributed by atoms with Gasteiger partial charge in [0, 0.05) is 0 Å². The molecule has 0 aliphatic heterocycles. The van der Waals surface area contributed by atoms with Gasteiger partial charge in [0.25, 0.3) is 0 Å². The molecule has 60 valence electrons. The molecular formula is C12H12. The Morgan fingerprint density at radius 1 is 1.17 bits per heavy atom. The predicted octanol–water partition coefficient (Wildman–Crippen LogP) is 3.51. The van der Waals surface area contributed by atoms with Crippen LogP contribution in [0.25, 0.3) is 11.6 Å². The molecule has 0 nitrogen and oxygen atoms in total. The summed E-state index contributed by atoms with van der Waals surface area (Å²) in [6, 6.07) is 8.52. The van der Waals surface area contributed by atoms with Crippen LogP contribution in [0, 0.1) is 0 Å². The second kappa shape index (κ2) is 2.98. The lowest BCUT2D eigenvalue weighted by molar-refractivity contribution is 1.41. The number of hydrogen-bond acceptors (Lipinski definition) is 0. The van der Waals surface area contributed by atoms with Gasteiger partial charge in [-0.3, -0.25) is 0 Å². The normalized spacial score (nSPS) is 14.9. The van der Waals surface area contributed by atoms with Crippen LogP contribution in [0.5, 0.6) is 0 Å². The first-order chi connectivity index (χ1) is 5.88. The summed E-state index contributed by atoms with van der Waals surface area (Å²) in [7, 11) is 0. The first-order valence-corrected chi connectivity index (χ1v) is 4.30. The highest BCUT2D eigenvalue weighted by atomic mass is 14.1. The molecule has 0 heteroatoms. The Morgan fingerprint density at radius 3 is 2.92 bits per heavy atom. The lowest BCUT2D eigenvalue weighted by Crippen LogP contribution is -1.82. The van der Waals surface area contributed by atoms with E-state index < -0.39 is 0 Å². The van der Waals surface area contributed by atoms with E-state index in [-0.39, 0.29) is 0 Å². The summed E-state index contributed by atoms with van der Waals surface area (Å²) in [6.07, 6.45) is 7.72. The number of fused-ring (bicyclic) bond motifs is 1. The lowest BCUT2D eigenvalue weighted by Gasteiger charge is -2.03. The number of allylic oxidation sites excluding steroid dienone is 3. The van der Waals surface area contributed by atoms with Gasteiger partial charge >= 0.3 is 0 Å². The molecule has 2 rings (SSSR count). The summed E-state index contributed by atoms with van der Waals surface area (Å²) >= 11 is 0. The van der Waals surface area contributed by atoms with Crippen LogP contribution in [-0.2, 0) is 0 Å². The molecule has 12 heavy (non-hydrogen) atoms. The molecular weight excluding hydrogens is 144 g/mol. The van der Waals surface area contributed by atoms with Crippen molar-refractivity contribution >= 4 is 11.6 Å². The quantitative estimate of drug-likeness (QED) is 0.539. The zero-order valence-corrected chi connectivity index (χ0v) is 7.25. The molecule has 1 aliphatic rings. The maximum atomic E-state index is 2.27. The van der Waals surface area contributed by atoms with Gasteiger partial charge in [0.15, 0.2) is 0 Å². The van der Waals surface area contributed by atoms with Gasteiger partial charge in [-0.05, 0) is 30.0 Å². The largest absolute Gasteiger partial charge is 0.0801 e. The smallest absolute Gasteiger partial charge is 0.0158 e. The average Bonchev–Trinajstić information content (AvgIpc) is 2.29. The van der Waals surface area contributed by atoms with Crippen molar-refractivity contribution in [1.82, 2.24) is 0 Å². The van der Waals surface area contributed by atoms with Crippen molar-refractivity contribution in [1.29, 1.82) is 0 Å². The monoisotopic (exact) mass is 156 g/mol. The third-order valence-corrected chi connectivity index (χ3v) is 2.24. The molecule has 0 heterocycles. The van der Waals surface area contributed by atoms with E-state index in [1.807, 2.05) is 0 Å². The van der Waals surface area contributed by atoms with Gasteiger partial charge in [-0.15, -0.1) is 0 Å². The van der Waals surface area contributed by atoms with E-state index in [4.69, 9.17) is 0 Å². The van der Waals surface area contributed by atoms with Crippen molar-refractivity contribution in [2.24, 2.45) is 0 Å². The van der Waals surface area contributed by atoms with Crippen molar-refractivity contribution in [3.05, 3.63) is 47.5 Å². The molecule has 0 aromatic heterocycles. The fourth-order valence-corrected chi connectivity index (χ4v) is 1.55. The van der Waals surface area contributed by atoms with Crippen LogP contribution in [0.4, 0.5) is 0 Å². The van der Waals surface area contributed by atoms with Crippen LogP contribution in [0.3, 0.4) is 0 Å². The van der Waals surface area contributed by atoms with Gasteiger partial charge in [-0.1, -0.05) is 42.5 Å². The summed E-state index contributed by atoms with van der Waals surface area (Å²) in [5.74, 6) is 0. The highest BCUT2D eigenvalue weighted by Gasteiger charge is 2.01. The Bertz CT molecular complexity index is 343. The third-order valence-electron chi connectivity index (χ3n) is 2.24. The van der Waals surface area contributed by atoms with Gasteiger partial charge in [0.1, 0.15) is 0 Å². The zero-order chi connectivity index (χ0) is 8.39. The minimum absolute atomic E-state index is 1.06. The molecule has 0 saturated carbocycles. The van der Waals surface area contributed by atoms with Crippen molar-refractivity contribution in [3.63, 3.8) is 0 Å². The molecule has 0 fully saturated rings. The van der Waals surface area contributed by atoms with Gasteiger partial charge in [-0.25, -0.2) is 0 Å². The van der Waals surface area contributed by atoms with E-state index in [2.05, 4.69) is 49.4 Å². The Morgan fingerprint density at radius 2 is 2.00 bits per heavy atom. The van der Waals surface area contributed by atoms with Crippen molar-refractivity contribution in [2.45, 2.75) is 13.3 Å². The second-order valence-corrected chi connectivity index (χ2v) is 3.11. The Hall–Kier alpha value is -1.30. The van der Waals surface area contributed by atoms with Crippen LogP contribution >= 0.6 is 0 Å². The summed E-state index contributed by atoms with van der Waals surface area (Å²) in [6.45, 7) is 2.17. The fraction of sp³-hybridized carbons (Fsp3) is 0.167. The van der Waals surface area contributed by atoms with E-state index in [1.54, 1.807) is 0 Å². The van der Waals surface area contributed by atoms with Gasteiger partial charge in [-0.2, -0.15) is 0 Å². The number of benzene rings is 1. The summed E-state index contributed by atoms with van der Waals surface area (Å²) < 4.78 is 0. The molecule has 0 N–H and O–H groups in total. The molecule has 0 atom stereocenters. The van der Waals surface area contributed by atoms with E-state index >= 15 is 0 Å². The van der Waals surface area contributed by atoms with Crippen LogP contribution in [0.15, 0.2) is 36.4 Å². The van der Waals surface area contributed by atoms with Crippen molar-refractivity contribution in [3.8, 4) is 0 Å². The van der Waals surface area contributed by atoms with Gasteiger partial charge in [0.05, 0.1) is 0 Å². The second-order valence-electron chi connectivity index (χ2n) is 3.11. The average molecular weight is 156 g/mol. The maximum Gasteiger partial charge on any atom is -0.0158 e. The Kier molecular flexibility index (Phi) is 1.83. The van der Waals surface area contributed by atoms with E-state index in [0.717, 1.165) is 6.42 Å². The van der Waals surface area contributed by atoms with E-state index in [0.29, 0.717) is 0 Å². The van der Waals surface area contributed by atoms with Crippen LogP contribution in [0.2, 0.25) is 0 Å². The summed E-state index contributed by atoms with van der Waals surface area (Å²) in [4.78, 5) is 0. The zero-order valence-electron chi connectivity index (χ0n) is 7.25. The molecule has 0 spiro atoms. The Labute approximate surface area is 73.2 Å². The lowest BCUT2D eigenvalue weighted by atomic mass is 10.0. The molecule has 1 aromatic rings. The first kappa shape index (κ1) is 7.35. The van der Waals surface area contributed by atoms with Crippen LogP contribution < -0.4 is 0 Å². The molecule has 1 aliphatic carbocycles. The Balaban J connectivity index is 2.62. The summed E-state index contributed by atoms with van der Waals surface area (Å²) in [5, 5.41) is 0. The van der Waals surface area contributed by atoms with Crippen LogP contribution in [0.1, 0.15) is 24.5 Å². The molecule has 0 amide bonds.